The van der Waals surface area contributed by atoms with E-state index in [4.69, 9.17) is 21.1 Å². The van der Waals surface area contributed by atoms with E-state index in [1.54, 1.807) is 24.4 Å². The molecule has 16 heteroatoms. The predicted octanol–water partition coefficient (Wildman–Crippen LogP) is 11.8. The summed E-state index contributed by atoms with van der Waals surface area (Å²) in [4.78, 5) is 38.4. The van der Waals surface area contributed by atoms with Crippen LogP contribution in [-0.4, -0.2) is 71.6 Å². The van der Waals surface area contributed by atoms with Gasteiger partial charge in [-0.25, -0.2) is 18.1 Å². The number of ether oxygens (including phenoxy) is 2. The summed E-state index contributed by atoms with van der Waals surface area (Å²) in [5.41, 5.74) is 4.50. The van der Waals surface area contributed by atoms with Crippen LogP contribution < -0.4 is 19.1 Å². The second kappa shape index (κ2) is 17.9. The summed E-state index contributed by atoms with van der Waals surface area (Å²) in [6.07, 6.45) is 14.2. The van der Waals surface area contributed by atoms with E-state index in [9.17, 15) is 23.3 Å². The van der Waals surface area contributed by atoms with Crippen molar-refractivity contribution in [1.82, 2.24) is 19.6 Å². The van der Waals surface area contributed by atoms with Crippen LogP contribution in [0.2, 0.25) is 5.02 Å². The number of likely N-dealkylation sites (tertiary alicyclic amines) is 1. The third kappa shape index (κ3) is 9.13. The van der Waals surface area contributed by atoms with Gasteiger partial charge in [-0.05, 0) is 123 Å². The molecule has 0 radical (unpaired) electrons. The summed E-state index contributed by atoms with van der Waals surface area (Å²) in [5.74, 6) is 0.407. The number of aromatic amines is 1. The predicted molar refractivity (Wildman–Crippen MR) is 262 cm³/mol. The molecular formula is C51H59ClN6O7S2. The van der Waals surface area contributed by atoms with Gasteiger partial charge >= 0.3 is 0 Å². The van der Waals surface area contributed by atoms with Crippen LogP contribution in [0.3, 0.4) is 0 Å². The van der Waals surface area contributed by atoms with Crippen LogP contribution in [0.4, 0.5) is 11.4 Å². The van der Waals surface area contributed by atoms with Crippen molar-refractivity contribution in [3.05, 3.63) is 105 Å². The Morgan fingerprint density at radius 3 is 2.54 bits per heavy atom. The highest BCUT2D eigenvalue weighted by atomic mass is 35.5. The van der Waals surface area contributed by atoms with Gasteiger partial charge in [-0.2, -0.15) is 0 Å². The third-order valence-corrected chi connectivity index (χ3v) is 18.6. The van der Waals surface area contributed by atoms with Crippen molar-refractivity contribution in [1.29, 1.82) is 0 Å². The van der Waals surface area contributed by atoms with Gasteiger partial charge in [0, 0.05) is 65.9 Å². The summed E-state index contributed by atoms with van der Waals surface area (Å²) in [5, 5.41) is 13.5. The number of carbonyl (C=O) groups excluding carboxylic acids is 1. The number of halogens is 1. The van der Waals surface area contributed by atoms with Crippen molar-refractivity contribution >= 4 is 61.7 Å². The SMILES string of the molecule is CC(C)c1ccccc1[C@@H]1CCCN1C1CC2(CCN(c3ccc(C(=O)NS(=O)(=O)c4cc5c(c([N+](=O)[O-])c4)SC(C4CCC(C)(C)CC4)CO5)c(Oc4cnc5[nH]cc(Cl)c5c4)c3)CC2)C1. The number of thioether (sulfide) groups is 1. The van der Waals surface area contributed by atoms with Gasteiger partial charge in [-0.15, -0.1) is 11.8 Å². The highest BCUT2D eigenvalue weighted by molar-refractivity contribution is 8.00. The number of pyridine rings is 1. The molecule has 3 aliphatic heterocycles. The number of benzene rings is 3. The topological polar surface area (TPSA) is 160 Å². The number of amides is 1. The van der Waals surface area contributed by atoms with Crippen molar-refractivity contribution in [2.24, 2.45) is 16.7 Å². The molecule has 2 atom stereocenters. The van der Waals surface area contributed by atoms with E-state index in [0.717, 1.165) is 69.9 Å². The van der Waals surface area contributed by atoms with Crippen molar-refractivity contribution in [2.75, 3.05) is 31.1 Å². The van der Waals surface area contributed by atoms with Gasteiger partial charge in [0.15, 0.2) is 0 Å². The first-order chi connectivity index (χ1) is 32.1. The average molecular weight is 968 g/mol. The zero-order valence-corrected chi connectivity index (χ0v) is 40.9. The molecule has 5 aliphatic rings. The molecule has 0 bridgehead atoms. The van der Waals surface area contributed by atoms with E-state index in [0.29, 0.717) is 62.6 Å². The molecule has 2 aliphatic carbocycles. The third-order valence-electron chi connectivity index (χ3n) is 15.5. The number of fused-ring (bicyclic) bond motifs is 2. The van der Waals surface area contributed by atoms with Gasteiger partial charge in [0.05, 0.1) is 26.6 Å². The van der Waals surface area contributed by atoms with Gasteiger partial charge in [-0.3, -0.25) is 19.8 Å². The first-order valence-electron chi connectivity index (χ1n) is 23.8. The van der Waals surface area contributed by atoms with E-state index in [-0.39, 0.29) is 33.4 Å². The Morgan fingerprint density at radius 2 is 1.79 bits per heavy atom. The van der Waals surface area contributed by atoms with Crippen LogP contribution in [0.15, 0.2) is 82.8 Å². The van der Waals surface area contributed by atoms with E-state index >= 15 is 0 Å². The summed E-state index contributed by atoms with van der Waals surface area (Å²) in [6.45, 7) is 12.2. The highest BCUT2D eigenvalue weighted by Gasteiger charge is 2.50. The van der Waals surface area contributed by atoms with Gasteiger partial charge in [0.25, 0.3) is 21.6 Å². The van der Waals surface area contributed by atoms with E-state index < -0.39 is 25.7 Å². The Labute approximate surface area is 401 Å². The van der Waals surface area contributed by atoms with Crippen LogP contribution in [0.5, 0.6) is 17.2 Å². The molecule has 2 saturated heterocycles. The lowest BCUT2D eigenvalue weighted by Gasteiger charge is -2.56. The standard InChI is InChI=1S/C51H59ClN6O7S2/c1-31(2)37-8-5-6-9-38(37)42-10-7-19-57(42)34-26-51(27-34)17-20-56(21-18-51)33-11-12-39(44(22-33)65-35-23-40-41(52)29-54-48(40)53-28-35)49(59)55-67(62,63)36-24-43(58(60)61)47-45(25-36)64-30-46(66-47)32-13-15-50(3,4)16-14-32/h5-6,8-9,11-12,22-25,28-29,31-32,34,42,46H,7,10,13-21,26-27,30H2,1-4H3,(H,53,54)(H,55,59)/t42-,46?/m0/s1. The number of hydrogen-bond acceptors (Lipinski definition) is 11. The highest BCUT2D eigenvalue weighted by Crippen LogP contribution is 2.55. The first-order valence-corrected chi connectivity index (χ1v) is 26.5. The Morgan fingerprint density at radius 1 is 1.03 bits per heavy atom. The number of piperidine rings is 1. The number of anilines is 1. The molecule has 5 aromatic rings. The monoisotopic (exact) mass is 966 g/mol. The normalized spacial score (nSPS) is 22.1. The Balaban J connectivity index is 0.863. The minimum atomic E-state index is -4.63. The number of sulfonamides is 1. The van der Waals surface area contributed by atoms with Crippen LogP contribution >= 0.6 is 23.4 Å². The molecule has 354 valence electrons. The number of H-pyrrole nitrogens is 1. The summed E-state index contributed by atoms with van der Waals surface area (Å²) < 4.78 is 42.7. The molecule has 13 nitrogen and oxygen atoms in total. The maximum Gasteiger partial charge on any atom is 0.288 e. The van der Waals surface area contributed by atoms with Gasteiger partial charge in [0.2, 0.25) is 0 Å². The van der Waals surface area contributed by atoms with Crippen molar-refractivity contribution in [3.8, 4) is 17.2 Å². The zero-order chi connectivity index (χ0) is 46.8. The number of aromatic nitrogens is 2. The van der Waals surface area contributed by atoms with Crippen LogP contribution in [-0.2, 0) is 10.0 Å². The van der Waals surface area contributed by atoms with Crippen molar-refractivity contribution in [3.63, 3.8) is 0 Å². The largest absolute Gasteiger partial charge is 0.491 e. The Bertz CT molecular complexity index is 2830. The van der Waals surface area contributed by atoms with Gasteiger partial charge in [-0.1, -0.05) is 63.6 Å². The second-order valence-corrected chi connectivity index (χ2v) is 24.0. The molecule has 67 heavy (non-hydrogen) atoms. The van der Waals surface area contributed by atoms with Crippen LogP contribution in [0.25, 0.3) is 11.0 Å². The number of nitrogens with zero attached hydrogens (tertiary/aromatic N) is 4. The quantitative estimate of drug-likeness (QED) is 0.0958. The zero-order valence-electron chi connectivity index (χ0n) is 38.6. The number of nitro groups is 1. The van der Waals surface area contributed by atoms with Crippen LogP contribution in [0.1, 0.15) is 125 Å². The molecule has 1 amide bonds. The minimum Gasteiger partial charge on any atom is -0.491 e. The lowest BCUT2D eigenvalue weighted by Crippen LogP contribution is -2.54. The lowest BCUT2D eigenvalue weighted by molar-refractivity contribution is -0.388. The lowest BCUT2D eigenvalue weighted by atomic mass is 9.59. The average Bonchev–Trinajstić information content (AvgIpc) is 3.94. The number of rotatable bonds is 11. The first kappa shape index (κ1) is 45.9. The second-order valence-electron chi connectivity index (χ2n) is 20.6. The fourth-order valence-corrected chi connectivity index (χ4v) is 14.1. The molecule has 2 saturated carbocycles. The molecule has 3 aromatic carbocycles. The smallest absolute Gasteiger partial charge is 0.288 e. The van der Waals surface area contributed by atoms with Gasteiger partial charge < -0.3 is 19.4 Å². The van der Waals surface area contributed by atoms with Crippen molar-refractivity contribution in [2.45, 2.75) is 125 Å². The summed E-state index contributed by atoms with van der Waals surface area (Å²) >= 11 is 7.82. The van der Waals surface area contributed by atoms with E-state index in [2.05, 4.69) is 76.5 Å². The molecule has 1 spiro atoms. The van der Waals surface area contributed by atoms with E-state index in [1.165, 1.54) is 60.8 Å². The number of nitrogens with one attached hydrogen (secondary N) is 2. The number of nitro benzene ring substituents is 1. The van der Waals surface area contributed by atoms with Crippen molar-refractivity contribution < 1.29 is 27.6 Å². The molecular weight excluding hydrogens is 908 g/mol. The minimum absolute atomic E-state index is 0.0121. The molecule has 5 heterocycles. The fraction of sp³-hybridized carbons (Fsp3) is 0.490. The summed E-state index contributed by atoms with van der Waals surface area (Å²) in [6, 6.07) is 19.2. The maximum absolute atomic E-state index is 14.2. The number of hydrogen-bond donors (Lipinski definition) is 2. The molecule has 1 unspecified atom stereocenters. The molecule has 4 fully saturated rings. The van der Waals surface area contributed by atoms with Gasteiger partial charge in [0.1, 0.15) is 34.4 Å². The summed E-state index contributed by atoms with van der Waals surface area (Å²) in [7, 11) is -4.63. The van der Waals surface area contributed by atoms with Crippen LogP contribution in [0, 0.1) is 26.9 Å². The Kier molecular flexibility index (Phi) is 12.3. The van der Waals surface area contributed by atoms with E-state index in [1.807, 2.05) is 6.07 Å². The molecule has 10 rings (SSSR count). The Hall–Kier alpha value is -4.83. The number of carbonyl (C=O) groups is 1. The fourth-order valence-electron chi connectivity index (χ4n) is 11.5. The molecule has 2 N–H and O–H groups in total. The maximum atomic E-state index is 14.2. The molecule has 2 aromatic heterocycles.